The van der Waals surface area contributed by atoms with Crippen molar-refractivity contribution in [1.29, 1.82) is 0 Å². The average molecular weight is 354 g/mol. The van der Waals surface area contributed by atoms with E-state index in [0.717, 1.165) is 0 Å². The Bertz CT molecular complexity index is 780. The number of carbonyl (C=O) groups excluding carboxylic acids is 3. The molecule has 0 aliphatic heterocycles. The lowest BCUT2D eigenvalue weighted by Crippen LogP contribution is -2.27. The molecule has 2 N–H and O–H groups in total. The molecule has 0 bridgehead atoms. The van der Waals surface area contributed by atoms with Gasteiger partial charge in [0.05, 0.1) is 12.7 Å². The number of hydrogen-bond donors (Lipinski definition) is 2. The van der Waals surface area contributed by atoms with E-state index in [1.165, 1.54) is 7.11 Å². The summed E-state index contributed by atoms with van der Waals surface area (Å²) in [6.45, 7) is 4.64. The fraction of sp³-hybridized carbons (Fsp3) is 0.250. The summed E-state index contributed by atoms with van der Waals surface area (Å²) in [5, 5.41) is 5.57. The van der Waals surface area contributed by atoms with E-state index >= 15 is 0 Å². The highest BCUT2D eigenvalue weighted by atomic mass is 16.5. The van der Waals surface area contributed by atoms with Crippen LogP contribution in [0.4, 0.5) is 5.69 Å². The lowest BCUT2D eigenvalue weighted by molar-refractivity contribution is 0.0600. The average Bonchev–Trinajstić information content (AvgIpc) is 2.66. The minimum absolute atomic E-state index is 0.163. The van der Waals surface area contributed by atoms with E-state index in [1.54, 1.807) is 48.5 Å². The number of amides is 2. The highest BCUT2D eigenvalue weighted by Gasteiger charge is 2.10. The quantitative estimate of drug-likeness (QED) is 0.781. The topological polar surface area (TPSA) is 84.5 Å². The molecule has 2 aromatic carbocycles. The Hall–Kier alpha value is -3.15. The summed E-state index contributed by atoms with van der Waals surface area (Å²) in [6, 6.07) is 12.8. The molecule has 0 aliphatic carbocycles. The van der Waals surface area contributed by atoms with Crippen LogP contribution in [0.2, 0.25) is 0 Å². The van der Waals surface area contributed by atoms with Crippen LogP contribution in [0.15, 0.2) is 48.5 Å². The maximum atomic E-state index is 12.3. The second-order valence-electron chi connectivity index (χ2n) is 6.20. The van der Waals surface area contributed by atoms with Gasteiger partial charge >= 0.3 is 5.97 Å². The van der Waals surface area contributed by atoms with Crippen LogP contribution in [0, 0.1) is 5.92 Å². The molecule has 2 amide bonds. The Morgan fingerprint density at radius 2 is 1.35 bits per heavy atom. The van der Waals surface area contributed by atoms with Crippen LogP contribution < -0.4 is 10.6 Å². The third-order valence-corrected chi connectivity index (χ3v) is 3.64. The van der Waals surface area contributed by atoms with Crippen molar-refractivity contribution in [2.75, 3.05) is 19.0 Å². The van der Waals surface area contributed by atoms with E-state index in [4.69, 9.17) is 0 Å². The number of esters is 1. The summed E-state index contributed by atoms with van der Waals surface area (Å²) in [5.41, 5.74) is 1.90. The highest BCUT2D eigenvalue weighted by Crippen LogP contribution is 2.13. The monoisotopic (exact) mass is 354 g/mol. The van der Waals surface area contributed by atoms with Gasteiger partial charge in [-0.3, -0.25) is 9.59 Å². The van der Waals surface area contributed by atoms with Crippen LogP contribution in [0.1, 0.15) is 44.9 Å². The van der Waals surface area contributed by atoms with Gasteiger partial charge in [0.25, 0.3) is 11.8 Å². The third kappa shape index (κ3) is 5.17. The largest absolute Gasteiger partial charge is 0.465 e. The summed E-state index contributed by atoms with van der Waals surface area (Å²) in [7, 11) is 1.31. The normalized spacial score (nSPS) is 10.3. The van der Waals surface area contributed by atoms with Crippen LogP contribution in [-0.4, -0.2) is 31.4 Å². The molecule has 0 aromatic heterocycles. The Morgan fingerprint density at radius 3 is 1.85 bits per heavy atom. The van der Waals surface area contributed by atoms with Crippen molar-refractivity contribution in [1.82, 2.24) is 5.32 Å². The second kappa shape index (κ2) is 8.80. The Kier molecular flexibility index (Phi) is 6.49. The Labute approximate surface area is 152 Å². The third-order valence-electron chi connectivity index (χ3n) is 3.64. The van der Waals surface area contributed by atoms with Gasteiger partial charge in [0.15, 0.2) is 0 Å². The molecule has 0 atom stereocenters. The molecule has 0 saturated heterocycles. The van der Waals surface area contributed by atoms with Crippen molar-refractivity contribution in [2.45, 2.75) is 13.8 Å². The smallest absolute Gasteiger partial charge is 0.337 e. The Balaban J connectivity index is 1.99. The predicted molar refractivity (Wildman–Crippen MR) is 99.3 cm³/mol. The number of benzene rings is 2. The molecule has 0 aliphatic rings. The molecular weight excluding hydrogens is 332 g/mol. The molecule has 0 heterocycles. The molecular formula is C20H22N2O4. The molecule has 0 unspecified atom stereocenters. The van der Waals surface area contributed by atoms with Gasteiger partial charge in [-0.05, 0) is 54.4 Å². The van der Waals surface area contributed by atoms with E-state index in [2.05, 4.69) is 15.4 Å². The van der Waals surface area contributed by atoms with Crippen LogP contribution >= 0.6 is 0 Å². The van der Waals surface area contributed by atoms with Gasteiger partial charge in [-0.1, -0.05) is 13.8 Å². The molecule has 6 nitrogen and oxygen atoms in total. The van der Waals surface area contributed by atoms with Gasteiger partial charge < -0.3 is 15.4 Å². The highest BCUT2D eigenvalue weighted by molar-refractivity contribution is 6.05. The van der Waals surface area contributed by atoms with Crippen molar-refractivity contribution in [3.05, 3.63) is 65.2 Å². The van der Waals surface area contributed by atoms with E-state index in [0.29, 0.717) is 34.8 Å². The minimum Gasteiger partial charge on any atom is -0.465 e. The van der Waals surface area contributed by atoms with Crippen LogP contribution in [0.3, 0.4) is 0 Å². The molecule has 2 aromatic rings. The zero-order valence-corrected chi connectivity index (χ0v) is 15.0. The van der Waals surface area contributed by atoms with Gasteiger partial charge in [0, 0.05) is 23.4 Å². The lowest BCUT2D eigenvalue weighted by atomic mass is 10.1. The van der Waals surface area contributed by atoms with Crippen LogP contribution in [-0.2, 0) is 4.74 Å². The summed E-state index contributed by atoms with van der Waals surface area (Å²) in [5.74, 6) is -0.530. The first kappa shape index (κ1) is 19.2. The van der Waals surface area contributed by atoms with Crippen molar-refractivity contribution in [2.24, 2.45) is 5.92 Å². The van der Waals surface area contributed by atoms with Gasteiger partial charge in [-0.15, -0.1) is 0 Å². The molecule has 2 rings (SSSR count). The summed E-state index contributed by atoms with van der Waals surface area (Å²) in [6.07, 6.45) is 0. The number of anilines is 1. The number of hydrogen-bond acceptors (Lipinski definition) is 4. The first-order chi connectivity index (χ1) is 12.4. The molecule has 0 radical (unpaired) electrons. The number of nitrogens with one attached hydrogen (secondary N) is 2. The van der Waals surface area contributed by atoms with E-state index < -0.39 is 5.97 Å². The first-order valence-corrected chi connectivity index (χ1v) is 8.28. The second-order valence-corrected chi connectivity index (χ2v) is 6.20. The van der Waals surface area contributed by atoms with Crippen molar-refractivity contribution in [3.8, 4) is 0 Å². The number of ether oxygens (including phenoxy) is 1. The first-order valence-electron chi connectivity index (χ1n) is 8.28. The molecule has 0 spiro atoms. The molecule has 0 saturated carbocycles. The summed E-state index contributed by atoms with van der Waals surface area (Å²) in [4.78, 5) is 35.7. The van der Waals surface area contributed by atoms with E-state index in [1.807, 2.05) is 13.8 Å². The van der Waals surface area contributed by atoms with E-state index in [-0.39, 0.29) is 11.8 Å². The van der Waals surface area contributed by atoms with E-state index in [9.17, 15) is 14.4 Å². The standard InChI is InChI=1S/C20H22N2O4/c1-13(2)12-21-18(23)14-4-6-15(7-5-14)19(24)22-17-10-8-16(9-11-17)20(25)26-3/h4-11,13H,12H2,1-3H3,(H,21,23)(H,22,24). The van der Waals surface area contributed by atoms with Gasteiger partial charge in [0.1, 0.15) is 0 Å². The lowest BCUT2D eigenvalue weighted by Gasteiger charge is -2.09. The van der Waals surface area contributed by atoms with Crippen molar-refractivity contribution < 1.29 is 19.1 Å². The van der Waals surface area contributed by atoms with Crippen LogP contribution in [0.25, 0.3) is 0 Å². The molecule has 26 heavy (non-hydrogen) atoms. The fourth-order valence-electron chi connectivity index (χ4n) is 2.18. The zero-order chi connectivity index (χ0) is 19.1. The number of carbonyl (C=O) groups is 3. The van der Waals surface area contributed by atoms with Gasteiger partial charge in [0.2, 0.25) is 0 Å². The summed E-state index contributed by atoms with van der Waals surface area (Å²) < 4.78 is 4.63. The van der Waals surface area contributed by atoms with Crippen LogP contribution in [0.5, 0.6) is 0 Å². The maximum Gasteiger partial charge on any atom is 0.337 e. The molecule has 136 valence electrons. The summed E-state index contributed by atoms with van der Waals surface area (Å²) >= 11 is 0. The minimum atomic E-state index is -0.436. The Morgan fingerprint density at radius 1 is 0.846 bits per heavy atom. The van der Waals surface area contributed by atoms with Gasteiger partial charge in [-0.2, -0.15) is 0 Å². The zero-order valence-electron chi connectivity index (χ0n) is 15.0. The molecule has 6 heteroatoms. The van der Waals surface area contributed by atoms with Crippen molar-refractivity contribution >= 4 is 23.5 Å². The van der Waals surface area contributed by atoms with Gasteiger partial charge in [-0.25, -0.2) is 4.79 Å². The predicted octanol–water partition coefficient (Wildman–Crippen LogP) is 3.11. The number of rotatable bonds is 6. The number of methoxy groups -OCH3 is 1. The maximum absolute atomic E-state index is 12.3. The fourth-order valence-corrected chi connectivity index (χ4v) is 2.18. The van der Waals surface area contributed by atoms with Crippen molar-refractivity contribution in [3.63, 3.8) is 0 Å². The SMILES string of the molecule is COC(=O)c1ccc(NC(=O)c2ccc(C(=O)NCC(C)C)cc2)cc1. The molecule has 0 fully saturated rings.